The molecule has 3 aliphatic rings. The average Bonchev–Trinajstić information content (AvgIpc) is 4.28. The van der Waals surface area contributed by atoms with E-state index in [0.29, 0.717) is 11.8 Å². The molecule has 0 N–H and O–H groups in total. The summed E-state index contributed by atoms with van der Waals surface area (Å²) in [7, 11) is 0. The van der Waals surface area contributed by atoms with Crippen LogP contribution < -0.4 is 9.80 Å². The van der Waals surface area contributed by atoms with E-state index in [0.717, 1.165) is 74.7 Å². The number of hydrogen-bond donors (Lipinski definition) is 0. The first-order valence-electron chi connectivity index (χ1n) is 29.0. The van der Waals surface area contributed by atoms with Gasteiger partial charge in [0.25, 0.3) is 0 Å². The number of anilines is 6. The van der Waals surface area contributed by atoms with Crippen molar-refractivity contribution >= 4 is 127 Å². The Morgan fingerprint density at radius 2 is 0.859 bits per heavy atom. The molecule has 78 heavy (non-hydrogen) atoms. The monoisotopic (exact) mass is 1010 g/mol. The average molecular weight is 1010 g/mol. The van der Waals surface area contributed by atoms with Crippen molar-refractivity contribution in [2.24, 2.45) is 0 Å². The summed E-state index contributed by atoms with van der Waals surface area (Å²) < 4.78 is 14.9. The van der Waals surface area contributed by atoms with Crippen LogP contribution in [0.3, 0.4) is 0 Å². The molecule has 0 saturated heterocycles. The molecule has 3 aliphatic carbocycles. The second kappa shape index (κ2) is 18.1. The number of hydrogen-bond acceptors (Lipinski definition) is 4. The first kappa shape index (κ1) is 45.8. The molecule has 0 aliphatic heterocycles. The van der Waals surface area contributed by atoms with E-state index >= 15 is 0 Å². The summed E-state index contributed by atoms with van der Waals surface area (Å²) in [6.45, 7) is 4.48. The van der Waals surface area contributed by atoms with Crippen LogP contribution in [0.1, 0.15) is 116 Å². The zero-order valence-electron chi connectivity index (χ0n) is 44.7. The topological polar surface area (TPSA) is 32.8 Å². The van der Waals surface area contributed by atoms with Crippen LogP contribution in [-0.2, 0) is 6.42 Å². The highest BCUT2D eigenvalue weighted by molar-refractivity contribution is 6.29. The number of para-hydroxylation sites is 4. The summed E-state index contributed by atoms with van der Waals surface area (Å²) in [6.07, 6.45) is 19.5. The van der Waals surface area contributed by atoms with Crippen LogP contribution in [0.2, 0.25) is 0 Å². The molecule has 380 valence electrons. The second-order valence-corrected chi connectivity index (χ2v) is 23.1. The van der Waals surface area contributed by atoms with Crippen molar-refractivity contribution in [1.29, 1.82) is 0 Å². The maximum Gasteiger partial charge on any atom is 0.159 e. The van der Waals surface area contributed by atoms with Gasteiger partial charge in [-0.1, -0.05) is 178 Å². The Hall–Kier alpha value is -8.34. The van der Waals surface area contributed by atoms with Crippen molar-refractivity contribution in [3.05, 3.63) is 209 Å². The van der Waals surface area contributed by atoms with Gasteiger partial charge in [0, 0.05) is 43.7 Å². The normalized spacial score (nSPS) is 15.6. The van der Waals surface area contributed by atoms with E-state index < -0.39 is 0 Å². The number of fused-ring (bicyclic) bond motifs is 10. The quantitative estimate of drug-likeness (QED) is 0.142. The fraction of sp³-hybridized carbons (Fsp3) is 0.216. The first-order valence-corrected chi connectivity index (χ1v) is 29.0. The zero-order valence-corrected chi connectivity index (χ0v) is 44.7. The van der Waals surface area contributed by atoms with Crippen molar-refractivity contribution in [3.8, 4) is 0 Å². The van der Waals surface area contributed by atoms with Gasteiger partial charge in [0.2, 0.25) is 0 Å². The molecular weight excluding hydrogens is 949 g/mol. The summed E-state index contributed by atoms with van der Waals surface area (Å²) in [5.74, 6) is 1.00. The van der Waals surface area contributed by atoms with Gasteiger partial charge in [0.1, 0.15) is 11.2 Å². The van der Waals surface area contributed by atoms with E-state index in [9.17, 15) is 0 Å². The van der Waals surface area contributed by atoms with Gasteiger partial charge < -0.3 is 18.6 Å². The Labute approximate surface area is 455 Å². The molecule has 0 radical (unpaired) electrons. The Kier molecular flexibility index (Phi) is 10.7. The number of nitrogens with zero attached hydrogens (tertiary/aromatic N) is 2. The van der Waals surface area contributed by atoms with E-state index in [4.69, 9.17) is 8.83 Å². The Balaban J connectivity index is 0.934. The minimum atomic E-state index is 0.486. The molecule has 11 aromatic carbocycles. The molecule has 0 bridgehead atoms. The molecule has 2 heterocycles. The maximum atomic E-state index is 7.48. The minimum Gasteiger partial charge on any atom is -0.454 e. The lowest BCUT2D eigenvalue weighted by atomic mass is 9.80. The molecule has 0 amide bonds. The summed E-state index contributed by atoms with van der Waals surface area (Å²) in [5.41, 5.74) is 18.6. The van der Waals surface area contributed by atoms with Crippen LogP contribution in [0.15, 0.2) is 185 Å². The maximum absolute atomic E-state index is 7.48. The van der Waals surface area contributed by atoms with Crippen LogP contribution >= 0.6 is 0 Å². The van der Waals surface area contributed by atoms with E-state index in [1.807, 2.05) is 0 Å². The molecule has 4 heteroatoms. The van der Waals surface area contributed by atoms with Gasteiger partial charge in [-0.3, -0.25) is 0 Å². The van der Waals surface area contributed by atoms with Gasteiger partial charge >= 0.3 is 0 Å². The van der Waals surface area contributed by atoms with Gasteiger partial charge in [-0.15, -0.1) is 0 Å². The molecule has 13 aromatic rings. The van der Waals surface area contributed by atoms with Crippen LogP contribution in [0.5, 0.6) is 0 Å². The predicted octanol–water partition coefficient (Wildman–Crippen LogP) is 22.1. The molecular formula is C74H62N2O2. The standard InChI is InChI=1S/C74H62N2O2/c1-45-19-9-15-31-61(45)75(65-33-17-29-57-69-53-27-13-11-25-51(53)43-59(73(69)77-71(57)65)47-21-5-3-6-22-47)63-41-37-49-36-40-56-64(42-38-50-35-39-55(63)67(49)68(50)56)76(62-32-16-10-20-46(62)2)66-34-18-30-58-70-54-28-14-12-26-52(54)44-60(74(70)78-72(58)66)48-23-7-4-8-24-48/h9-11,13-20,25,27-44,47-48H,3-8,12,21-24,26H2,1-2H3. The molecule has 4 nitrogen and oxygen atoms in total. The lowest BCUT2D eigenvalue weighted by molar-refractivity contribution is 0.442. The molecule has 0 spiro atoms. The number of allylic oxidation sites excluding steroid dienone is 1. The van der Waals surface area contributed by atoms with Gasteiger partial charge in [-0.05, 0) is 172 Å². The SMILES string of the molecule is Cc1ccccc1N(c1ccc2ccc3c(N(c4ccccc4C)c4cccc5c4oc4c(C6CCCCC6)cc6ccccc6c45)ccc4ccc1c2c43)c1cccc2c1oc1c(C3CCCCC3)cc3c(c12)C=CCC3. The highest BCUT2D eigenvalue weighted by atomic mass is 16.3. The van der Waals surface area contributed by atoms with Crippen LogP contribution in [0.25, 0.3) is 93.0 Å². The molecule has 0 unspecified atom stereocenters. The predicted molar refractivity (Wildman–Crippen MR) is 330 cm³/mol. The van der Waals surface area contributed by atoms with Gasteiger partial charge in [-0.25, -0.2) is 0 Å². The van der Waals surface area contributed by atoms with Crippen LogP contribution in [0, 0.1) is 13.8 Å². The zero-order chi connectivity index (χ0) is 51.6. The Bertz CT molecular complexity index is 4580. The highest BCUT2D eigenvalue weighted by Gasteiger charge is 2.31. The van der Waals surface area contributed by atoms with Crippen molar-refractivity contribution < 1.29 is 8.83 Å². The van der Waals surface area contributed by atoms with Crippen molar-refractivity contribution in [3.63, 3.8) is 0 Å². The van der Waals surface area contributed by atoms with Crippen molar-refractivity contribution in [1.82, 2.24) is 0 Å². The molecule has 2 saturated carbocycles. The lowest BCUT2D eigenvalue weighted by Crippen LogP contribution is -2.13. The van der Waals surface area contributed by atoms with E-state index in [-0.39, 0.29) is 0 Å². The minimum absolute atomic E-state index is 0.486. The number of aryl methyl sites for hydroxylation is 3. The first-order chi connectivity index (χ1) is 38.6. The summed E-state index contributed by atoms with van der Waals surface area (Å²) in [4.78, 5) is 5.00. The third-order valence-electron chi connectivity index (χ3n) is 18.6. The molecule has 2 aromatic heterocycles. The third-order valence-corrected chi connectivity index (χ3v) is 18.6. The molecule has 0 atom stereocenters. The van der Waals surface area contributed by atoms with Gasteiger partial charge in [0.05, 0.1) is 22.7 Å². The van der Waals surface area contributed by atoms with E-state index in [1.165, 1.54) is 157 Å². The van der Waals surface area contributed by atoms with Crippen LogP contribution in [0.4, 0.5) is 34.1 Å². The number of rotatable bonds is 8. The summed E-state index contributed by atoms with van der Waals surface area (Å²) >= 11 is 0. The second-order valence-electron chi connectivity index (χ2n) is 23.1. The largest absolute Gasteiger partial charge is 0.454 e. The fourth-order valence-corrected chi connectivity index (χ4v) is 14.9. The lowest BCUT2D eigenvalue weighted by Gasteiger charge is -2.30. The summed E-state index contributed by atoms with van der Waals surface area (Å²) in [5, 5.41) is 14.8. The van der Waals surface area contributed by atoms with Gasteiger partial charge in [-0.2, -0.15) is 0 Å². The van der Waals surface area contributed by atoms with E-state index in [2.05, 4.69) is 206 Å². The van der Waals surface area contributed by atoms with Gasteiger partial charge in [0.15, 0.2) is 11.2 Å². The van der Waals surface area contributed by atoms with Crippen LogP contribution in [-0.4, -0.2) is 0 Å². The van der Waals surface area contributed by atoms with Crippen molar-refractivity contribution in [2.45, 2.75) is 103 Å². The van der Waals surface area contributed by atoms with Crippen molar-refractivity contribution in [2.75, 3.05) is 9.80 Å². The Morgan fingerprint density at radius 3 is 1.45 bits per heavy atom. The summed E-state index contributed by atoms with van der Waals surface area (Å²) in [6, 6.07) is 64.1. The number of benzene rings is 11. The Morgan fingerprint density at radius 1 is 0.372 bits per heavy atom. The smallest absolute Gasteiger partial charge is 0.159 e. The molecule has 2 fully saturated rings. The highest BCUT2D eigenvalue weighted by Crippen LogP contribution is 2.53. The fourth-order valence-electron chi connectivity index (χ4n) is 14.9. The number of furan rings is 2. The molecule has 16 rings (SSSR count). The van der Waals surface area contributed by atoms with E-state index in [1.54, 1.807) is 0 Å². The third kappa shape index (κ3) is 6.97.